The highest BCUT2D eigenvalue weighted by Gasteiger charge is 2.15. The number of hydrogen-bond acceptors (Lipinski definition) is 1. The van der Waals surface area contributed by atoms with Crippen LogP contribution in [0.4, 0.5) is 4.39 Å². The highest BCUT2D eigenvalue weighted by Crippen LogP contribution is 2.31. The van der Waals surface area contributed by atoms with Gasteiger partial charge < -0.3 is 4.74 Å². The van der Waals surface area contributed by atoms with Crippen LogP contribution < -0.4 is 4.74 Å². The zero-order chi connectivity index (χ0) is 19.6. The third-order valence-electron chi connectivity index (χ3n) is 5.12. The lowest BCUT2D eigenvalue weighted by molar-refractivity contribution is 0.238. The van der Waals surface area contributed by atoms with E-state index in [0.717, 1.165) is 23.5 Å². The molecule has 1 aliphatic rings. The molecule has 27 heavy (non-hydrogen) atoms. The Morgan fingerprint density at radius 2 is 1.70 bits per heavy atom. The summed E-state index contributed by atoms with van der Waals surface area (Å²) in [6, 6.07) is 13.0. The van der Waals surface area contributed by atoms with Crippen molar-refractivity contribution in [1.82, 2.24) is 0 Å². The van der Waals surface area contributed by atoms with Gasteiger partial charge in [0.15, 0.2) is 11.6 Å². The van der Waals surface area contributed by atoms with Gasteiger partial charge in [-0.25, -0.2) is 4.39 Å². The van der Waals surface area contributed by atoms with E-state index in [4.69, 9.17) is 11.3 Å². The van der Waals surface area contributed by atoms with Crippen molar-refractivity contribution in [3.8, 4) is 18.6 Å². The zero-order valence-corrected chi connectivity index (χ0v) is 16.1. The second-order valence-corrected chi connectivity index (χ2v) is 7.02. The van der Waals surface area contributed by atoms with Gasteiger partial charge >= 0.3 is 0 Å². The Kier molecular flexibility index (Phi) is 8.14. The third-order valence-corrected chi connectivity index (χ3v) is 5.12. The van der Waals surface area contributed by atoms with Crippen LogP contribution in [0.15, 0.2) is 42.5 Å². The van der Waals surface area contributed by atoms with Gasteiger partial charge in [0.2, 0.25) is 0 Å². The summed E-state index contributed by atoms with van der Waals surface area (Å²) < 4.78 is 20.3. The summed E-state index contributed by atoms with van der Waals surface area (Å²) in [6.07, 6.45) is 15.6. The minimum absolute atomic E-state index is 0.336. The average Bonchev–Trinajstić information content (AvgIpc) is 2.72. The Balaban J connectivity index is 0.00000126. The number of halogens is 1. The smallest absolute Gasteiger partial charge is 0.165 e. The number of rotatable bonds is 6. The van der Waals surface area contributed by atoms with Gasteiger partial charge in [-0.3, -0.25) is 0 Å². The maximum Gasteiger partial charge on any atom is 0.165 e. The van der Waals surface area contributed by atoms with E-state index in [9.17, 15) is 4.39 Å². The molecule has 0 aliphatic heterocycles. The Labute approximate surface area is 163 Å². The molecule has 2 aromatic rings. The Morgan fingerprint density at radius 1 is 1.04 bits per heavy atom. The van der Waals surface area contributed by atoms with Gasteiger partial charge in [0.05, 0.1) is 6.61 Å². The first-order chi connectivity index (χ1) is 13.1. The van der Waals surface area contributed by atoms with Crippen molar-refractivity contribution in [3.05, 3.63) is 71.6 Å². The van der Waals surface area contributed by atoms with Crippen LogP contribution in [-0.2, 0) is 0 Å². The van der Waals surface area contributed by atoms with E-state index >= 15 is 0 Å². The molecule has 0 atom stereocenters. The standard InChI is InChI=1S/C23H26FO.C2H2/c1-17-15-21(18(2)20-11-7-4-8-12-20)16-22(24)23(17)25-14-13-19-9-5-3-6-10-19;1-2/h2,4,7-8,11-12,15-16,19H,3,5-6,9-10,13-14H2,1H3;1-2H. The van der Waals surface area contributed by atoms with Crippen LogP contribution in [0.2, 0.25) is 0 Å². The molecule has 0 saturated heterocycles. The quantitative estimate of drug-likeness (QED) is 0.526. The highest BCUT2D eigenvalue weighted by molar-refractivity contribution is 5.77. The average molecular weight is 363 g/mol. The molecule has 2 heteroatoms. The van der Waals surface area contributed by atoms with E-state index < -0.39 is 0 Å². The van der Waals surface area contributed by atoms with Crippen LogP contribution in [0, 0.1) is 38.1 Å². The van der Waals surface area contributed by atoms with Gasteiger partial charge in [-0.2, -0.15) is 0 Å². The van der Waals surface area contributed by atoms with E-state index in [-0.39, 0.29) is 5.82 Å². The maximum absolute atomic E-state index is 14.6. The SMILES string of the molecule is C#C.[CH]=C(c1ccccc1)c1cc(C)c(OCCC2CCCCC2)c(F)c1. The Hall–Kier alpha value is -2.53. The van der Waals surface area contributed by atoms with Crippen molar-refractivity contribution in [2.45, 2.75) is 45.4 Å². The fourth-order valence-electron chi connectivity index (χ4n) is 3.66. The molecule has 0 bridgehead atoms. The van der Waals surface area contributed by atoms with Crippen LogP contribution in [0.25, 0.3) is 5.57 Å². The first kappa shape index (κ1) is 20.8. The molecular weight excluding hydrogens is 335 g/mol. The fourth-order valence-corrected chi connectivity index (χ4v) is 3.66. The summed E-state index contributed by atoms with van der Waals surface area (Å²) in [7, 11) is 0. The lowest BCUT2D eigenvalue weighted by Gasteiger charge is -2.21. The summed E-state index contributed by atoms with van der Waals surface area (Å²) in [6.45, 7) is 8.67. The lowest BCUT2D eigenvalue weighted by atomic mass is 9.87. The molecule has 141 valence electrons. The van der Waals surface area contributed by atoms with Gasteiger partial charge in [-0.05, 0) is 53.7 Å². The molecule has 0 unspecified atom stereocenters. The van der Waals surface area contributed by atoms with Gasteiger partial charge in [-0.1, -0.05) is 69.0 Å². The summed E-state index contributed by atoms with van der Waals surface area (Å²) in [5.41, 5.74) is 2.96. The number of hydrogen-bond donors (Lipinski definition) is 0. The highest BCUT2D eigenvalue weighted by atomic mass is 19.1. The predicted octanol–water partition coefficient (Wildman–Crippen LogP) is 6.60. The number of benzene rings is 2. The molecule has 0 aromatic heterocycles. The molecule has 0 spiro atoms. The van der Waals surface area contributed by atoms with Crippen molar-refractivity contribution < 1.29 is 9.13 Å². The van der Waals surface area contributed by atoms with Crippen molar-refractivity contribution in [2.75, 3.05) is 6.61 Å². The molecule has 0 amide bonds. The normalized spacial score (nSPS) is 14.1. The fraction of sp³-hybridized carbons (Fsp3) is 0.360. The Morgan fingerprint density at radius 3 is 2.33 bits per heavy atom. The first-order valence-electron chi connectivity index (χ1n) is 9.59. The van der Waals surface area contributed by atoms with Crippen molar-refractivity contribution in [3.63, 3.8) is 0 Å². The monoisotopic (exact) mass is 363 g/mol. The van der Waals surface area contributed by atoms with E-state index in [1.165, 1.54) is 38.2 Å². The number of ether oxygens (including phenoxy) is 1. The van der Waals surface area contributed by atoms with Gasteiger partial charge in [0, 0.05) is 0 Å². The largest absolute Gasteiger partial charge is 0.490 e. The molecule has 1 radical (unpaired) electrons. The minimum atomic E-state index is -0.336. The third kappa shape index (κ3) is 5.73. The summed E-state index contributed by atoms with van der Waals surface area (Å²) in [5.74, 6) is 0.761. The van der Waals surface area contributed by atoms with Crippen molar-refractivity contribution in [2.24, 2.45) is 5.92 Å². The van der Waals surface area contributed by atoms with Crippen LogP contribution in [0.1, 0.15) is 55.2 Å². The van der Waals surface area contributed by atoms with Crippen LogP contribution in [0.5, 0.6) is 5.75 Å². The molecule has 1 aliphatic carbocycles. The van der Waals surface area contributed by atoms with E-state index in [1.807, 2.05) is 43.3 Å². The molecule has 0 N–H and O–H groups in total. The van der Waals surface area contributed by atoms with Crippen LogP contribution in [-0.4, -0.2) is 6.61 Å². The molecule has 1 fully saturated rings. The van der Waals surface area contributed by atoms with E-state index in [2.05, 4.69) is 12.8 Å². The van der Waals surface area contributed by atoms with Crippen LogP contribution >= 0.6 is 0 Å². The molecule has 0 heterocycles. The second-order valence-electron chi connectivity index (χ2n) is 7.02. The van der Waals surface area contributed by atoms with Gasteiger partial charge in [0.25, 0.3) is 0 Å². The van der Waals surface area contributed by atoms with E-state index in [0.29, 0.717) is 23.5 Å². The topological polar surface area (TPSA) is 9.23 Å². The lowest BCUT2D eigenvalue weighted by Crippen LogP contribution is -2.11. The molecular formula is C25H28FO. The Bertz CT molecular complexity index is 731. The van der Waals surface area contributed by atoms with Crippen molar-refractivity contribution in [1.29, 1.82) is 0 Å². The van der Waals surface area contributed by atoms with Crippen LogP contribution in [0.3, 0.4) is 0 Å². The molecule has 3 rings (SSSR count). The predicted molar refractivity (Wildman–Crippen MR) is 111 cm³/mol. The summed E-state index contributed by atoms with van der Waals surface area (Å²) >= 11 is 0. The second kappa shape index (κ2) is 10.6. The minimum Gasteiger partial charge on any atom is -0.490 e. The first-order valence-corrected chi connectivity index (χ1v) is 9.59. The number of aryl methyl sites for hydroxylation is 1. The summed E-state index contributed by atoms with van der Waals surface area (Å²) in [4.78, 5) is 0. The van der Waals surface area contributed by atoms with Gasteiger partial charge in [0.1, 0.15) is 0 Å². The summed E-state index contributed by atoms with van der Waals surface area (Å²) in [5, 5.41) is 0. The maximum atomic E-state index is 14.6. The van der Waals surface area contributed by atoms with Crippen molar-refractivity contribution >= 4 is 5.57 Å². The van der Waals surface area contributed by atoms with E-state index in [1.54, 1.807) is 0 Å². The molecule has 2 aromatic carbocycles. The molecule has 1 nitrogen and oxygen atoms in total. The zero-order valence-electron chi connectivity index (χ0n) is 16.1. The molecule has 1 saturated carbocycles. The van der Waals surface area contributed by atoms with Gasteiger partial charge in [-0.15, -0.1) is 12.8 Å². The number of terminal acetylenes is 1.